The van der Waals surface area contributed by atoms with Crippen LogP contribution in [-0.4, -0.2) is 42.2 Å². The summed E-state index contributed by atoms with van der Waals surface area (Å²) in [6, 6.07) is 10.9. The Morgan fingerprint density at radius 3 is 2.23 bits per heavy atom. The number of phenolic OH excluding ortho intramolecular Hbond substituents is 1. The number of hydrogen-bond acceptors (Lipinski definition) is 4. The third-order valence-corrected chi connectivity index (χ3v) is 5.19. The quantitative estimate of drug-likeness (QED) is 0.554. The van der Waals surface area contributed by atoms with Crippen molar-refractivity contribution >= 4 is 5.69 Å². The normalized spacial score (nSPS) is 14.3. The molecule has 0 aliphatic carbocycles. The summed E-state index contributed by atoms with van der Waals surface area (Å²) in [5, 5.41) is 12.2. The Morgan fingerprint density at radius 2 is 1.70 bits per heavy atom. The van der Waals surface area contributed by atoms with Gasteiger partial charge in [-0.05, 0) is 68.6 Å². The Labute approximate surface area is 196 Å². The number of nitrogens with one attached hydrogen (secondary N) is 1. The van der Waals surface area contributed by atoms with Crippen molar-refractivity contribution in [3.63, 3.8) is 0 Å². The van der Waals surface area contributed by atoms with Gasteiger partial charge < -0.3 is 20.6 Å². The molecule has 1 saturated heterocycles. The van der Waals surface area contributed by atoms with Crippen LogP contribution in [0.15, 0.2) is 36.4 Å². The van der Waals surface area contributed by atoms with Gasteiger partial charge in [0.25, 0.3) is 0 Å². The van der Waals surface area contributed by atoms with Gasteiger partial charge in [0.1, 0.15) is 11.5 Å². The standard InChI is InChI=1S/C16H24N2O.C6H6O.C2H6.H2O.W/c1-12-10-15(19-2)14(13-6-7-17-16(12)13)11-18-8-4-3-5-9-18;7-6-4-2-1-3-5-6;1-2;;/h10,17H,3-9,11H2,1-2H3;1-5,7H;1-2H3;1H2;. The fourth-order valence-corrected chi connectivity index (χ4v) is 3.85. The molecule has 2 aliphatic heterocycles. The molecular formula is C24H38N2O3W. The topological polar surface area (TPSA) is 76.2 Å². The zero-order valence-corrected chi connectivity index (χ0v) is 21.8. The molecule has 2 aromatic carbocycles. The van der Waals surface area contributed by atoms with E-state index in [-0.39, 0.29) is 26.5 Å². The van der Waals surface area contributed by atoms with Crippen LogP contribution in [0.25, 0.3) is 0 Å². The van der Waals surface area contributed by atoms with Crippen LogP contribution in [0.1, 0.15) is 49.8 Å². The van der Waals surface area contributed by atoms with Crippen molar-refractivity contribution in [1.29, 1.82) is 0 Å². The second-order valence-electron chi connectivity index (χ2n) is 7.08. The fraction of sp³-hybridized carbons (Fsp3) is 0.500. The van der Waals surface area contributed by atoms with Crippen LogP contribution in [0.2, 0.25) is 0 Å². The molecule has 0 saturated carbocycles. The number of likely N-dealkylation sites (tertiary alicyclic amines) is 1. The van der Waals surface area contributed by atoms with Gasteiger partial charge in [-0.1, -0.05) is 38.5 Å². The fourth-order valence-electron chi connectivity index (χ4n) is 3.85. The summed E-state index contributed by atoms with van der Waals surface area (Å²) in [7, 11) is 1.79. The number of fused-ring (bicyclic) bond motifs is 1. The predicted molar refractivity (Wildman–Crippen MR) is 122 cm³/mol. The summed E-state index contributed by atoms with van der Waals surface area (Å²) in [6.07, 6.45) is 5.21. The van der Waals surface area contributed by atoms with Crippen molar-refractivity contribution in [3.05, 3.63) is 53.1 Å². The Hall–Kier alpha value is -1.55. The molecule has 0 spiro atoms. The summed E-state index contributed by atoms with van der Waals surface area (Å²) in [5.74, 6) is 1.40. The van der Waals surface area contributed by atoms with E-state index < -0.39 is 0 Å². The van der Waals surface area contributed by atoms with Crippen LogP contribution in [0.4, 0.5) is 5.69 Å². The van der Waals surface area contributed by atoms with Gasteiger partial charge in [0, 0.05) is 45.4 Å². The summed E-state index contributed by atoms with van der Waals surface area (Å²) in [5.41, 5.74) is 5.57. The number of methoxy groups -OCH3 is 1. The molecule has 0 unspecified atom stereocenters. The molecule has 6 heteroatoms. The third-order valence-electron chi connectivity index (χ3n) is 5.19. The molecule has 1 fully saturated rings. The second-order valence-corrected chi connectivity index (χ2v) is 7.08. The van der Waals surface area contributed by atoms with E-state index in [0.717, 1.165) is 25.3 Å². The van der Waals surface area contributed by atoms with Crippen molar-refractivity contribution in [2.75, 3.05) is 32.1 Å². The van der Waals surface area contributed by atoms with E-state index in [4.69, 9.17) is 9.84 Å². The number of hydrogen-bond donors (Lipinski definition) is 2. The van der Waals surface area contributed by atoms with E-state index in [1.807, 2.05) is 19.9 Å². The maximum atomic E-state index is 8.63. The Balaban J connectivity index is 0.000000652. The number of benzene rings is 2. The van der Waals surface area contributed by atoms with Gasteiger partial charge in [-0.15, -0.1) is 0 Å². The number of aromatic hydroxyl groups is 1. The number of nitrogens with zero attached hydrogens (tertiary/aromatic N) is 1. The zero-order chi connectivity index (χ0) is 20.4. The largest absolute Gasteiger partial charge is 0.508 e. The third kappa shape index (κ3) is 7.94. The molecule has 2 aromatic rings. The predicted octanol–water partition coefficient (Wildman–Crippen LogP) is 4.55. The number of rotatable bonds is 3. The first-order chi connectivity index (χ1) is 13.7. The van der Waals surface area contributed by atoms with E-state index in [2.05, 4.69) is 23.2 Å². The van der Waals surface area contributed by atoms with Gasteiger partial charge in [0.2, 0.25) is 0 Å². The molecule has 4 N–H and O–H groups in total. The van der Waals surface area contributed by atoms with Crippen LogP contribution >= 0.6 is 0 Å². The van der Waals surface area contributed by atoms with E-state index >= 15 is 0 Å². The van der Waals surface area contributed by atoms with Gasteiger partial charge in [0.05, 0.1) is 7.11 Å². The van der Waals surface area contributed by atoms with Crippen LogP contribution in [0.3, 0.4) is 0 Å². The smallest absolute Gasteiger partial charge is 0.124 e. The van der Waals surface area contributed by atoms with Crippen LogP contribution in [-0.2, 0) is 34.0 Å². The van der Waals surface area contributed by atoms with E-state index in [0.29, 0.717) is 5.75 Å². The number of aryl methyl sites for hydroxylation is 1. The summed E-state index contributed by atoms with van der Waals surface area (Å²) in [4.78, 5) is 2.58. The molecule has 2 heterocycles. The zero-order valence-electron chi connectivity index (χ0n) is 18.8. The molecule has 4 rings (SSSR count). The van der Waals surface area contributed by atoms with Crippen molar-refractivity contribution in [3.8, 4) is 11.5 Å². The minimum atomic E-state index is 0. The monoisotopic (exact) mass is 586 g/mol. The molecule has 0 aromatic heterocycles. The number of phenols is 1. The van der Waals surface area contributed by atoms with Crippen LogP contribution < -0.4 is 10.1 Å². The molecule has 0 radical (unpaired) electrons. The Morgan fingerprint density at radius 1 is 1.07 bits per heavy atom. The van der Waals surface area contributed by atoms with Crippen molar-refractivity contribution in [2.45, 2.75) is 53.0 Å². The summed E-state index contributed by atoms with van der Waals surface area (Å²) >= 11 is 0. The molecule has 2 aliphatic rings. The number of ether oxygens (including phenoxy) is 1. The number of piperidine rings is 1. The molecule has 168 valence electrons. The summed E-state index contributed by atoms with van der Waals surface area (Å²) in [6.45, 7) is 10.8. The minimum Gasteiger partial charge on any atom is -0.508 e. The average Bonchev–Trinajstić information content (AvgIpc) is 3.24. The van der Waals surface area contributed by atoms with Crippen molar-refractivity contribution < 1.29 is 36.4 Å². The Bertz CT molecular complexity index is 720. The van der Waals surface area contributed by atoms with Crippen LogP contribution in [0.5, 0.6) is 11.5 Å². The van der Waals surface area contributed by atoms with E-state index in [1.165, 1.54) is 54.7 Å². The van der Waals surface area contributed by atoms with E-state index in [1.54, 1.807) is 31.4 Å². The maximum absolute atomic E-state index is 8.63. The van der Waals surface area contributed by atoms with E-state index in [9.17, 15) is 0 Å². The first-order valence-electron chi connectivity index (χ1n) is 10.6. The Kier molecular flexibility index (Phi) is 14.5. The van der Waals surface area contributed by atoms with Crippen molar-refractivity contribution in [1.82, 2.24) is 4.90 Å². The first kappa shape index (κ1) is 28.4. The summed E-state index contributed by atoms with van der Waals surface area (Å²) < 4.78 is 5.64. The molecule has 0 atom stereocenters. The second kappa shape index (κ2) is 15.3. The molecule has 0 amide bonds. The molecular weight excluding hydrogens is 548 g/mol. The molecule has 0 bridgehead atoms. The van der Waals surface area contributed by atoms with Crippen molar-refractivity contribution in [2.24, 2.45) is 0 Å². The van der Waals surface area contributed by atoms with Gasteiger partial charge >= 0.3 is 0 Å². The minimum absolute atomic E-state index is 0. The maximum Gasteiger partial charge on any atom is 0.124 e. The van der Waals surface area contributed by atoms with Gasteiger partial charge in [0.15, 0.2) is 0 Å². The average molecular weight is 586 g/mol. The van der Waals surface area contributed by atoms with Gasteiger partial charge in [-0.3, -0.25) is 4.90 Å². The number of anilines is 1. The first-order valence-corrected chi connectivity index (χ1v) is 10.6. The molecule has 30 heavy (non-hydrogen) atoms. The number of para-hydroxylation sites is 1. The SMILES string of the molecule is CC.COc1cc(C)c2c(c1CN1CCCCC1)CCN2.O.Oc1ccccc1.[W]. The van der Waals surface area contributed by atoms with Gasteiger partial charge in [-0.25, -0.2) is 0 Å². The molecule has 5 nitrogen and oxygen atoms in total. The van der Waals surface area contributed by atoms with Crippen LogP contribution in [0, 0.1) is 6.92 Å². The van der Waals surface area contributed by atoms with Gasteiger partial charge in [-0.2, -0.15) is 0 Å².